The molecule has 0 aliphatic carbocycles. The van der Waals surface area contributed by atoms with Crippen molar-refractivity contribution in [2.75, 3.05) is 11.7 Å². The summed E-state index contributed by atoms with van der Waals surface area (Å²) in [6.07, 6.45) is 2.70. The molecule has 0 amide bonds. The molecule has 6 N–H and O–H groups in total. The third-order valence-corrected chi connectivity index (χ3v) is 3.69. The van der Waals surface area contributed by atoms with Crippen molar-refractivity contribution < 1.29 is 5.48 Å². The standard InChI is InChI=1S/C10H18N3S.2ClH.H2O/c1-2-3-12-10-4-8-6-14(11)7-9(8)5-13-10;;;/h6-7,10,12-13H,2-5,11H2,1H3;2*1H;1H2/q+1;;;/t10-,14?;;;/m0.../s1. The number of hydrogen-bond acceptors (Lipinski definition) is 3. The number of fused-ring (bicyclic) bond motifs is 1. The van der Waals surface area contributed by atoms with E-state index in [0.717, 1.165) is 19.5 Å². The molecule has 0 spiro atoms. The van der Waals surface area contributed by atoms with Crippen molar-refractivity contribution in [1.29, 1.82) is 0 Å². The molecule has 0 radical (unpaired) electrons. The smallest absolute Gasteiger partial charge is 0.164 e. The summed E-state index contributed by atoms with van der Waals surface area (Å²) in [6, 6.07) is 0. The van der Waals surface area contributed by atoms with Crippen molar-refractivity contribution in [3.63, 3.8) is 0 Å². The van der Waals surface area contributed by atoms with Crippen LogP contribution < -0.4 is 15.8 Å². The van der Waals surface area contributed by atoms with Crippen LogP contribution in [0.5, 0.6) is 0 Å². The number of nitrogen functional groups attached to an aromatic ring is 1. The molecule has 7 heteroatoms. The van der Waals surface area contributed by atoms with Gasteiger partial charge in [-0.05, 0) is 13.0 Å². The van der Waals surface area contributed by atoms with Crippen LogP contribution >= 0.6 is 35.5 Å². The second-order valence-corrected chi connectivity index (χ2v) is 5.07. The monoisotopic (exact) mass is 302 g/mol. The maximum Gasteiger partial charge on any atom is 0.164 e. The molecule has 0 bridgehead atoms. The van der Waals surface area contributed by atoms with Crippen molar-refractivity contribution in [2.24, 2.45) is 0 Å². The van der Waals surface area contributed by atoms with Gasteiger partial charge in [-0.25, -0.2) is 0 Å². The number of thiophene rings is 1. The van der Waals surface area contributed by atoms with Gasteiger partial charge >= 0.3 is 0 Å². The van der Waals surface area contributed by atoms with E-state index < -0.39 is 0 Å². The van der Waals surface area contributed by atoms with E-state index in [4.69, 9.17) is 5.14 Å². The van der Waals surface area contributed by atoms with Gasteiger partial charge in [0.15, 0.2) is 10.8 Å². The van der Waals surface area contributed by atoms with Crippen LogP contribution in [0.4, 0.5) is 0 Å². The van der Waals surface area contributed by atoms with Gasteiger partial charge in [0.2, 0.25) is 0 Å². The van der Waals surface area contributed by atoms with E-state index in [1.54, 1.807) is 0 Å². The van der Waals surface area contributed by atoms with E-state index in [1.807, 2.05) is 0 Å². The predicted molar refractivity (Wildman–Crippen MR) is 79.8 cm³/mol. The van der Waals surface area contributed by atoms with E-state index in [0.29, 0.717) is 6.17 Å². The van der Waals surface area contributed by atoms with Crippen LogP contribution in [-0.2, 0) is 13.0 Å². The molecule has 1 aromatic rings. The first-order valence-electron chi connectivity index (χ1n) is 5.14. The van der Waals surface area contributed by atoms with Crippen molar-refractivity contribution in [3.8, 4) is 0 Å². The van der Waals surface area contributed by atoms with E-state index in [2.05, 4.69) is 28.3 Å². The normalized spacial score (nSPS) is 18.2. The zero-order chi connectivity index (χ0) is 9.97. The molecule has 1 unspecified atom stereocenters. The van der Waals surface area contributed by atoms with Gasteiger partial charge in [0.1, 0.15) is 0 Å². The molecule has 0 saturated carbocycles. The lowest BCUT2D eigenvalue weighted by atomic mass is 10.0. The average Bonchev–Trinajstić information content (AvgIpc) is 2.54. The van der Waals surface area contributed by atoms with E-state index in [1.165, 1.54) is 17.5 Å². The number of nitrogens with one attached hydrogen (secondary N) is 2. The molecule has 0 saturated heterocycles. The lowest BCUT2D eigenvalue weighted by Crippen LogP contribution is -2.46. The van der Waals surface area contributed by atoms with Crippen LogP contribution in [0.1, 0.15) is 24.5 Å². The maximum atomic E-state index is 5.87. The minimum Gasteiger partial charge on any atom is -0.412 e. The van der Waals surface area contributed by atoms with Gasteiger partial charge in [0.05, 0.1) is 16.8 Å². The largest absolute Gasteiger partial charge is 0.412 e. The van der Waals surface area contributed by atoms with Gasteiger partial charge in [-0.2, -0.15) is 0 Å². The van der Waals surface area contributed by atoms with E-state index in [-0.39, 0.29) is 40.9 Å². The Bertz CT molecular complexity index is 322. The summed E-state index contributed by atoms with van der Waals surface area (Å²) in [4.78, 5) is 0. The van der Waals surface area contributed by atoms with Crippen LogP contribution in [0.3, 0.4) is 0 Å². The molecule has 1 aliphatic heterocycles. The van der Waals surface area contributed by atoms with Crippen LogP contribution in [0.15, 0.2) is 10.8 Å². The van der Waals surface area contributed by atoms with Gasteiger partial charge in [-0.15, -0.1) is 30.0 Å². The highest BCUT2D eigenvalue weighted by atomic mass is 35.5. The highest BCUT2D eigenvalue weighted by Gasteiger charge is 2.22. The molecular formula is C10H22Cl2N3OS+. The Morgan fingerprint density at radius 1 is 1.41 bits per heavy atom. The Morgan fingerprint density at radius 3 is 2.71 bits per heavy atom. The second-order valence-electron chi connectivity index (χ2n) is 3.79. The Labute approximate surface area is 118 Å². The summed E-state index contributed by atoms with van der Waals surface area (Å²) in [5, 5.41) is 17.2. The molecule has 2 heterocycles. The number of halogens is 2. The fourth-order valence-electron chi connectivity index (χ4n) is 1.84. The first-order chi connectivity index (χ1) is 6.79. The molecule has 1 aromatic heterocycles. The average molecular weight is 303 g/mol. The van der Waals surface area contributed by atoms with Crippen molar-refractivity contribution in [1.82, 2.24) is 10.6 Å². The molecule has 0 aromatic carbocycles. The minimum atomic E-state index is -0.105. The molecule has 102 valence electrons. The quantitative estimate of drug-likeness (QED) is 0.732. The summed E-state index contributed by atoms with van der Waals surface area (Å²) in [5.41, 5.74) is 2.86. The summed E-state index contributed by atoms with van der Waals surface area (Å²) in [5.74, 6) is 0. The Hall–Kier alpha value is 0.120. The fourth-order valence-corrected chi connectivity index (χ4v) is 3.04. The molecular weight excluding hydrogens is 281 g/mol. The number of hydrogen-bond donors (Lipinski definition) is 3. The van der Waals surface area contributed by atoms with Crippen LogP contribution in [0.2, 0.25) is 0 Å². The number of nitrogens with two attached hydrogens (primary N) is 1. The summed E-state index contributed by atoms with van der Waals surface area (Å²) < 4.78 is 0. The van der Waals surface area contributed by atoms with E-state index in [9.17, 15) is 0 Å². The Kier molecular flexibility index (Phi) is 10.4. The Balaban J connectivity index is 0. The van der Waals surface area contributed by atoms with E-state index >= 15 is 0 Å². The number of rotatable bonds is 3. The van der Waals surface area contributed by atoms with Crippen molar-refractivity contribution >= 4 is 35.5 Å². The zero-order valence-electron chi connectivity index (χ0n) is 9.86. The molecule has 0 fully saturated rings. The molecule has 17 heavy (non-hydrogen) atoms. The molecule has 1 aliphatic rings. The van der Waals surface area contributed by atoms with Crippen molar-refractivity contribution in [3.05, 3.63) is 21.9 Å². The van der Waals surface area contributed by atoms with Crippen LogP contribution in [-0.4, -0.2) is 18.2 Å². The summed E-state index contributed by atoms with van der Waals surface area (Å²) in [7, 11) is -0.105. The maximum absolute atomic E-state index is 5.87. The first-order valence-corrected chi connectivity index (χ1v) is 6.56. The zero-order valence-corrected chi connectivity index (χ0v) is 12.3. The second kappa shape index (κ2) is 9.10. The first kappa shape index (κ1) is 19.5. The van der Waals surface area contributed by atoms with Gasteiger partial charge < -0.3 is 10.8 Å². The third-order valence-electron chi connectivity index (χ3n) is 2.57. The lowest BCUT2D eigenvalue weighted by Gasteiger charge is -2.23. The Morgan fingerprint density at radius 2 is 2.06 bits per heavy atom. The topological polar surface area (TPSA) is 81.6 Å². The van der Waals surface area contributed by atoms with Crippen LogP contribution in [0.25, 0.3) is 0 Å². The van der Waals surface area contributed by atoms with Crippen LogP contribution in [0, 0.1) is 0 Å². The van der Waals surface area contributed by atoms with Crippen molar-refractivity contribution in [2.45, 2.75) is 32.5 Å². The predicted octanol–water partition coefficient (Wildman–Crippen LogP) is 1.14. The molecule has 2 atom stereocenters. The van der Waals surface area contributed by atoms with Gasteiger partial charge in [0, 0.05) is 24.1 Å². The highest BCUT2D eigenvalue weighted by molar-refractivity contribution is 7.28. The SMILES string of the molecule is CCCN[C@@H]1Cc2c[s+](N)cc2CN1.Cl.Cl.O. The minimum absolute atomic E-state index is 0. The van der Waals surface area contributed by atoms with Gasteiger partial charge in [-0.3, -0.25) is 5.32 Å². The summed E-state index contributed by atoms with van der Waals surface area (Å²) in [6.45, 7) is 4.24. The molecule has 4 nitrogen and oxygen atoms in total. The highest BCUT2D eigenvalue weighted by Crippen LogP contribution is 2.24. The molecule has 2 rings (SSSR count). The lowest BCUT2D eigenvalue weighted by molar-refractivity contribution is 0.402. The van der Waals surface area contributed by atoms with Gasteiger partial charge in [0.25, 0.3) is 0 Å². The summed E-state index contributed by atoms with van der Waals surface area (Å²) >= 11 is 0. The third kappa shape index (κ3) is 5.09. The van der Waals surface area contributed by atoms with Gasteiger partial charge in [-0.1, -0.05) is 6.92 Å². The fraction of sp³-hybridized carbons (Fsp3) is 0.600.